The third kappa shape index (κ3) is 5.68. The first kappa shape index (κ1) is 19.6. The molecule has 0 aliphatic carbocycles. The molecule has 1 heterocycles. The number of amides is 2. The van der Waals surface area contributed by atoms with Crippen molar-refractivity contribution in [3.63, 3.8) is 0 Å². The number of fused-ring (bicyclic) bond motifs is 1. The van der Waals surface area contributed by atoms with Crippen molar-refractivity contribution in [3.8, 4) is 11.5 Å². The van der Waals surface area contributed by atoms with Crippen LogP contribution in [0.3, 0.4) is 0 Å². The zero-order valence-corrected chi connectivity index (χ0v) is 15.6. The SMILES string of the molecule is C[NH+](CC(=O)Nc1cccc(F)c1)CC(=O)Nc1ccc2c(c1)OCCCO2. The summed E-state index contributed by atoms with van der Waals surface area (Å²) in [6.45, 7) is 1.35. The van der Waals surface area contributed by atoms with E-state index in [2.05, 4.69) is 10.6 Å². The number of hydrogen-bond acceptors (Lipinski definition) is 4. The summed E-state index contributed by atoms with van der Waals surface area (Å²) in [5.74, 6) is 0.308. The lowest BCUT2D eigenvalue weighted by molar-refractivity contribution is -0.862. The van der Waals surface area contributed by atoms with Gasteiger partial charge in [0.1, 0.15) is 5.82 Å². The predicted molar refractivity (Wildman–Crippen MR) is 102 cm³/mol. The van der Waals surface area contributed by atoms with E-state index in [4.69, 9.17) is 9.47 Å². The van der Waals surface area contributed by atoms with Gasteiger partial charge in [0.25, 0.3) is 11.8 Å². The minimum absolute atomic E-state index is 0.0745. The van der Waals surface area contributed by atoms with Gasteiger partial charge < -0.3 is 25.0 Å². The average Bonchev–Trinajstić information content (AvgIpc) is 2.86. The number of hydrogen-bond donors (Lipinski definition) is 3. The second-order valence-corrected chi connectivity index (χ2v) is 6.63. The summed E-state index contributed by atoms with van der Waals surface area (Å²) in [5.41, 5.74) is 0.987. The van der Waals surface area contributed by atoms with Gasteiger partial charge in [0.05, 0.1) is 20.3 Å². The Hall–Kier alpha value is -3.13. The van der Waals surface area contributed by atoms with Gasteiger partial charge in [0.15, 0.2) is 24.6 Å². The summed E-state index contributed by atoms with van der Waals surface area (Å²) in [7, 11) is 1.73. The Morgan fingerprint density at radius 2 is 1.61 bits per heavy atom. The summed E-state index contributed by atoms with van der Waals surface area (Å²) < 4.78 is 24.3. The van der Waals surface area contributed by atoms with Crippen LogP contribution in [0.2, 0.25) is 0 Å². The molecule has 148 valence electrons. The van der Waals surface area contributed by atoms with Crippen LogP contribution in [0.15, 0.2) is 42.5 Å². The number of carbonyl (C=O) groups is 2. The van der Waals surface area contributed by atoms with E-state index in [0.29, 0.717) is 41.0 Å². The Morgan fingerprint density at radius 3 is 2.29 bits per heavy atom. The highest BCUT2D eigenvalue weighted by atomic mass is 19.1. The molecule has 28 heavy (non-hydrogen) atoms. The van der Waals surface area contributed by atoms with Crippen LogP contribution < -0.4 is 25.0 Å². The lowest BCUT2D eigenvalue weighted by Gasteiger charge is -2.14. The van der Waals surface area contributed by atoms with Gasteiger partial charge in [-0.05, 0) is 30.3 Å². The molecule has 2 aromatic rings. The van der Waals surface area contributed by atoms with Crippen molar-refractivity contribution in [1.82, 2.24) is 0 Å². The highest BCUT2D eigenvalue weighted by Gasteiger charge is 2.16. The van der Waals surface area contributed by atoms with Crippen molar-refractivity contribution in [3.05, 3.63) is 48.3 Å². The van der Waals surface area contributed by atoms with Gasteiger partial charge in [0.2, 0.25) is 0 Å². The standard InChI is InChI=1S/C20H22FN3O4/c1-24(12-19(25)22-15-5-2-4-14(21)10-15)13-20(26)23-16-6-7-17-18(11-16)28-9-3-8-27-17/h2,4-7,10-11H,3,8-9,12-13H2,1H3,(H,22,25)(H,23,26)/p+1. The smallest absolute Gasteiger partial charge is 0.279 e. The lowest BCUT2D eigenvalue weighted by Crippen LogP contribution is -3.11. The van der Waals surface area contributed by atoms with Gasteiger partial charge in [-0.2, -0.15) is 0 Å². The molecule has 3 N–H and O–H groups in total. The zero-order chi connectivity index (χ0) is 19.9. The first-order valence-electron chi connectivity index (χ1n) is 9.06. The fraction of sp³-hybridized carbons (Fsp3) is 0.300. The third-order valence-corrected chi connectivity index (χ3v) is 4.06. The van der Waals surface area contributed by atoms with Crippen LogP contribution in [0.1, 0.15) is 6.42 Å². The Kier molecular flexibility index (Phi) is 6.44. The lowest BCUT2D eigenvalue weighted by atomic mass is 10.2. The van der Waals surface area contributed by atoms with Gasteiger partial charge in [-0.15, -0.1) is 0 Å². The van der Waals surface area contributed by atoms with Crippen LogP contribution in [0.5, 0.6) is 11.5 Å². The number of benzene rings is 2. The number of quaternary nitrogens is 1. The normalized spacial score (nSPS) is 13.9. The van der Waals surface area contributed by atoms with Gasteiger partial charge in [0, 0.05) is 23.9 Å². The molecule has 1 aliphatic heterocycles. The molecule has 8 heteroatoms. The largest absolute Gasteiger partial charge is 0.490 e. The maximum atomic E-state index is 13.2. The first-order valence-corrected chi connectivity index (χ1v) is 9.06. The maximum Gasteiger partial charge on any atom is 0.279 e. The molecule has 0 spiro atoms. The Labute approximate surface area is 162 Å². The maximum absolute atomic E-state index is 13.2. The number of carbonyl (C=O) groups excluding carboxylic acids is 2. The van der Waals surface area contributed by atoms with Gasteiger partial charge in [-0.1, -0.05) is 6.07 Å². The molecular weight excluding hydrogens is 365 g/mol. The van der Waals surface area contributed by atoms with E-state index in [-0.39, 0.29) is 24.9 Å². The van der Waals surface area contributed by atoms with Crippen LogP contribution in [0.4, 0.5) is 15.8 Å². The number of nitrogens with one attached hydrogen (secondary N) is 3. The Balaban J connectivity index is 1.49. The summed E-state index contributed by atoms with van der Waals surface area (Å²) in [5, 5.41) is 5.41. The Bertz CT molecular complexity index is 859. The molecule has 2 aromatic carbocycles. The van der Waals surface area contributed by atoms with Crippen LogP contribution in [0.25, 0.3) is 0 Å². The molecule has 7 nitrogen and oxygen atoms in total. The fourth-order valence-electron chi connectivity index (χ4n) is 2.83. The summed E-state index contributed by atoms with van der Waals surface area (Å²) in [4.78, 5) is 25.0. The monoisotopic (exact) mass is 388 g/mol. The van der Waals surface area contributed by atoms with E-state index in [9.17, 15) is 14.0 Å². The van der Waals surface area contributed by atoms with Crippen LogP contribution in [0, 0.1) is 5.82 Å². The van der Waals surface area contributed by atoms with Gasteiger partial charge >= 0.3 is 0 Å². The number of ether oxygens (including phenoxy) is 2. The van der Waals surface area contributed by atoms with Crippen molar-refractivity contribution in [2.45, 2.75) is 6.42 Å². The summed E-state index contributed by atoms with van der Waals surface area (Å²) in [6, 6.07) is 10.9. The van der Waals surface area contributed by atoms with Gasteiger partial charge in [-0.25, -0.2) is 4.39 Å². The second-order valence-electron chi connectivity index (χ2n) is 6.63. The number of rotatable bonds is 6. The van der Waals surface area contributed by atoms with E-state index in [1.54, 1.807) is 31.3 Å². The molecule has 0 saturated heterocycles. The topological polar surface area (TPSA) is 81.1 Å². The Morgan fingerprint density at radius 1 is 0.964 bits per heavy atom. The number of likely N-dealkylation sites (N-methyl/N-ethyl adjacent to an activating group) is 1. The molecule has 1 unspecified atom stereocenters. The van der Waals surface area contributed by atoms with Gasteiger partial charge in [-0.3, -0.25) is 9.59 Å². The zero-order valence-electron chi connectivity index (χ0n) is 15.6. The molecule has 0 radical (unpaired) electrons. The van der Waals surface area contributed by atoms with Crippen molar-refractivity contribution in [2.75, 3.05) is 44.0 Å². The van der Waals surface area contributed by atoms with Crippen molar-refractivity contribution in [2.24, 2.45) is 0 Å². The second kappa shape index (κ2) is 9.18. The molecule has 2 amide bonds. The van der Waals surface area contributed by atoms with E-state index in [1.165, 1.54) is 18.2 Å². The summed E-state index contributed by atoms with van der Waals surface area (Å²) >= 11 is 0. The van der Waals surface area contributed by atoms with E-state index in [0.717, 1.165) is 6.42 Å². The van der Waals surface area contributed by atoms with E-state index < -0.39 is 5.82 Å². The fourth-order valence-corrected chi connectivity index (χ4v) is 2.83. The van der Waals surface area contributed by atoms with Crippen LogP contribution >= 0.6 is 0 Å². The van der Waals surface area contributed by atoms with Crippen molar-refractivity contribution < 1.29 is 28.4 Å². The predicted octanol–water partition coefficient (Wildman–Crippen LogP) is 1.08. The minimum Gasteiger partial charge on any atom is -0.490 e. The molecule has 0 fully saturated rings. The molecule has 0 aromatic heterocycles. The highest BCUT2D eigenvalue weighted by molar-refractivity contribution is 5.93. The molecule has 3 rings (SSSR count). The molecule has 0 bridgehead atoms. The molecule has 0 saturated carbocycles. The average molecular weight is 388 g/mol. The van der Waals surface area contributed by atoms with E-state index >= 15 is 0 Å². The van der Waals surface area contributed by atoms with Crippen LogP contribution in [-0.4, -0.2) is 45.2 Å². The van der Waals surface area contributed by atoms with Crippen molar-refractivity contribution in [1.29, 1.82) is 0 Å². The molecule has 1 aliphatic rings. The quantitative estimate of drug-likeness (QED) is 0.692. The highest BCUT2D eigenvalue weighted by Crippen LogP contribution is 2.32. The first-order chi connectivity index (χ1) is 13.5. The number of anilines is 2. The van der Waals surface area contributed by atoms with Crippen LogP contribution in [-0.2, 0) is 9.59 Å². The summed E-state index contributed by atoms with van der Waals surface area (Å²) in [6.07, 6.45) is 0.808. The third-order valence-electron chi connectivity index (χ3n) is 4.06. The van der Waals surface area contributed by atoms with Crippen molar-refractivity contribution >= 4 is 23.2 Å². The number of halogens is 1. The minimum atomic E-state index is -0.423. The van der Waals surface area contributed by atoms with E-state index in [1.807, 2.05) is 0 Å². The molecule has 1 atom stereocenters. The molecular formula is C20H23FN3O4+.